The molecule has 9 heteroatoms. The largest absolute Gasteiger partial charge is 0.495 e. The summed E-state index contributed by atoms with van der Waals surface area (Å²) in [5.74, 6) is 0.817. The number of carbonyl (C=O) groups excluding carboxylic acids is 1. The summed E-state index contributed by atoms with van der Waals surface area (Å²) < 4.78 is 40.1. The highest BCUT2D eigenvalue weighted by molar-refractivity contribution is 7.87. The zero-order valence-electron chi connectivity index (χ0n) is 18.6. The second-order valence-electron chi connectivity index (χ2n) is 7.91. The molecular weight excluding hydrogens is 432 g/mol. The molecule has 0 unspecified atom stereocenters. The van der Waals surface area contributed by atoms with E-state index in [1.807, 2.05) is 12.1 Å². The summed E-state index contributed by atoms with van der Waals surface area (Å²) >= 11 is 0. The van der Waals surface area contributed by atoms with E-state index in [0.717, 1.165) is 18.4 Å². The minimum atomic E-state index is -3.66. The van der Waals surface area contributed by atoms with Crippen LogP contribution in [0.2, 0.25) is 0 Å². The van der Waals surface area contributed by atoms with Gasteiger partial charge in [-0.15, -0.1) is 0 Å². The highest BCUT2D eigenvalue weighted by Crippen LogP contribution is 2.25. The average Bonchev–Trinajstić information content (AvgIpc) is 3.28. The maximum Gasteiger partial charge on any atom is 0.322 e. The number of hydrogen-bond donors (Lipinski definition) is 1. The fourth-order valence-corrected chi connectivity index (χ4v) is 3.87. The molecule has 8 nitrogen and oxygen atoms in total. The first-order valence-corrected chi connectivity index (χ1v) is 12.1. The molecule has 1 N–H and O–H groups in total. The van der Waals surface area contributed by atoms with Gasteiger partial charge in [0, 0.05) is 19.7 Å². The van der Waals surface area contributed by atoms with Gasteiger partial charge in [-0.1, -0.05) is 24.3 Å². The molecule has 2 amide bonds. The van der Waals surface area contributed by atoms with Crippen LogP contribution in [0.15, 0.2) is 48.5 Å². The molecule has 1 aliphatic heterocycles. The molecule has 1 aliphatic rings. The molecule has 0 saturated carbocycles. The maximum absolute atomic E-state index is 13.1. The van der Waals surface area contributed by atoms with E-state index in [-0.39, 0.29) is 17.9 Å². The number of ether oxygens (including phenoxy) is 2. The van der Waals surface area contributed by atoms with Crippen molar-refractivity contribution in [3.8, 4) is 11.5 Å². The quantitative estimate of drug-likeness (QED) is 0.566. The molecule has 0 spiro atoms. The van der Waals surface area contributed by atoms with Crippen molar-refractivity contribution < 1.29 is 26.9 Å². The molecule has 0 radical (unpaired) electrons. The number of para-hydroxylation sites is 2. The monoisotopic (exact) mass is 462 g/mol. The Morgan fingerprint density at radius 2 is 1.91 bits per heavy atom. The number of benzene rings is 2. The maximum atomic E-state index is 13.1. The lowest BCUT2D eigenvalue weighted by Gasteiger charge is -2.26. The van der Waals surface area contributed by atoms with Crippen molar-refractivity contribution in [2.75, 3.05) is 25.6 Å². The van der Waals surface area contributed by atoms with Crippen molar-refractivity contribution in [1.29, 1.82) is 0 Å². The Hall–Kier alpha value is -2.78. The smallest absolute Gasteiger partial charge is 0.322 e. The highest BCUT2D eigenvalue weighted by Gasteiger charge is 2.24. The van der Waals surface area contributed by atoms with Crippen molar-refractivity contribution in [2.24, 2.45) is 0 Å². The minimum Gasteiger partial charge on any atom is -0.495 e. The van der Waals surface area contributed by atoms with E-state index in [2.05, 4.69) is 5.32 Å². The number of amides is 2. The zero-order valence-corrected chi connectivity index (χ0v) is 19.4. The van der Waals surface area contributed by atoms with Crippen molar-refractivity contribution in [2.45, 2.75) is 44.6 Å². The first-order valence-electron chi connectivity index (χ1n) is 10.6. The van der Waals surface area contributed by atoms with E-state index in [1.165, 1.54) is 0 Å². The normalized spacial score (nSPS) is 16.1. The fraction of sp³-hybridized carbons (Fsp3) is 0.435. The summed E-state index contributed by atoms with van der Waals surface area (Å²) in [7, 11) is -2.11. The van der Waals surface area contributed by atoms with E-state index in [9.17, 15) is 13.2 Å². The van der Waals surface area contributed by atoms with Gasteiger partial charge in [0.2, 0.25) is 0 Å². The summed E-state index contributed by atoms with van der Waals surface area (Å²) in [6.45, 7) is 4.60. The van der Waals surface area contributed by atoms with Crippen molar-refractivity contribution in [3.63, 3.8) is 0 Å². The number of rotatable bonds is 9. The first-order chi connectivity index (χ1) is 15.3. The van der Waals surface area contributed by atoms with Crippen LogP contribution in [0.5, 0.6) is 11.5 Å². The molecule has 0 bridgehead atoms. The number of urea groups is 1. The summed E-state index contributed by atoms with van der Waals surface area (Å²) in [5.41, 5.74) is 1.42. The number of carbonyl (C=O) groups is 1. The predicted molar refractivity (Wildman–Crippen MR) is 123 cm³/mol. The van der Waals surface area contributed by atoms with Gasteiger partial charge in [0.1, 0.15) is 11.5 Å². The summed E-state index contributed by atoms with van der Waals surface area (Å²) in [6.07, 6.45) is 1.86. The molecule has 2 aromatic rings. The second-order valence-corrected chi connectivity index (χ2v) is 10.0. The van der Waals surface area contributed by atoms with Crippen LogP contribution in [0.3, 0.4) is 0 Å². The zero-order chi connectivity index (χ0) is 23.1. The van der Waals surface area contributed by atoms with E-state index >= 15 is 0 Å². The standard InChI is InChI=1S/C23H30N2O6S/c1-17(2)32(27,28)31-19-12-10-18(11-13-19)15-25(16-20-7-6-14-30-20)23(26)24-21-8-4-5-9-22(21)29-3/h4-5,8-13,17,20H,6-7,14-16H2,1-3H3,(H,24,26)/t20-/m1/s1. The molecule has 174 valence electrons. The van der Waals surface area contributed by atoms with Gasteiger partial charge in [0.25, 0.3) is 0 Å². The molecule has 0 aliphatic carbocycles. The highest BCUT2D eigenvalue weighted by atomic mass is 32.2. The lowest BCUT2D eigenvalue weighted by Crippen LogP contribution is -2.39. The third-order valence-corrected chi connectivity index (χ3v) is 6.75. The molecule has 1 atom stereocenters. The number of hydrogen-bond acceptors (Lipinski definition) is 6. The van der Waals surface area contributed by atoms with E-state index in [1.54, 1.807) is 62.3 Å². The van der Waals surface area contributed by atoms with Crippen LogP contribution >= 0.6 is 0 Å². The lowest BCUT2D eigenvalue weighted by atomic mass is 10.2. The Morgan fingerprint density at radius 3 is 2.53 bits per heavy atom. The van der Waals surface area contributed by atoms with E-state index in [0.29, 0.717) is 31.1 Å². The van der Waals surface area contributed by atoms with Gasteiger partial charge < -0.3 is 23.9 Å². The van der Waals surface area contributed by atoms with Crippen LogP contribution in [-0.4, -0.2) is 51.0 Å². The second kappa shape index (κ2) is 10.7. The molecule has 32 heavy (non-hydrogen) atoms. The van der Waals surface area contributed by atoms with Crippen LogP contribution in [0, 0.1) is 0 Å². The molecule has 1 heterocycles. The average molecular weight is 463 g/mol. The van der Waals surface area contributed by atoms with Gasteiger partial charge in [-0.05, 0) is 56.5 Å². The van der Waals surface area contributed by atoms with Crippen LogP contribution < -0.4 is 14.2 Å². The summed E-state index contributed by atoms with van der Waals surface area (Å²) in [6, 6.07) is 13.6. The first kappa shape index (κ1) is 23.9. The number of methoxy groups -OCH3 is 1. The van der Waals surface area contributed by atoms with Gasteiger partial charge in [0.05, 0.1) is 24.2 Å². The Labute approximate surface area is 189 Å². The third kappa shape index (κ3) is 6.37. The van der Waals surface area contributed by atoms with Gasteiger partial charge in [-0.3, -0.25) is 0 Å². The minimum absolute atomic E-state index is 0.0165. The summed E-state index contributed by atoms with van der Waals surface area (Å²) in [4.78, 5) is 14.8. The van der Waals surface area contributed by atoms with Crippen molar-refractivity contribution in [3.05, 3.63) is 54.1 Å². The van der Waals surface area contributed by atoms with Crippen LogP contribution in [-0.2, 0) is 21.4 Å². The van der Waals surface area contributed by atoms with Crippen molar-refractivity contribution in [1.82, 2.24) is 4.90 Å². The molecule has 1 saturated heterocycles. The van der Waals surface area contributed by atoms with Gasteiger partial charge in [0.15, 0.2) is 0 Å². The molecule has 1 fully saturated rings. The van der Waals surface area contributed by atoms with Crippen LogP contribution in [0.1, 0.15) is 32.3 Å². The fourth-order valence-electron chi connectivity index (χ4n) is 3.30. The Kier molecular flexibility index (Phi) is 7.98. The Bertz CT molecular complexity index is 1000. The number of anilines is 1. The van der Waals surface area contributed by atoms with Gasteiger partial charge in [-0.2, -0.15) is 8.42 Å². The van der Waals surface area contributed by atoms with E-state index < -0.39 is 15.4 Å². The topological polar surface area (TPSA) is 94.2 Å². The molecule has 2 aromatic carbocycles. The van der Waals surface area contributed by atoms with Gasteiger partial charge in [-0.25, -0.2) is 4.79 Å². The molecular formula is C23H30N2O6S. The number of nitrogens with one attached hydrogen (secondary N) is 1. The van der Waals surface area contributed by atoms with E-state index in [4.69, 9.17) is 13.7 Å². The Balaban J connectivity index is 1.73. The van der Waals surface area contributed by atoms with Gasteiger partial charge >= 0.3 is 16.1 Å². The van der Waals surface area contributed by atoms with Crippen LogP contribution in [0.25, 0.3) is 0 Å². The predicted octanol–water partition coefficient (Wildman–Crippen LogP) is 4.03. The van der Waals surface area contributed by atoms with Crippen molar-refractivity contribution >= 4 is 21.8 Å². The Morgan fingerprint density at radius 1 is 1.19 bits per heavy atom. The SMILES string of the molecule is COc1ccccc1NC(=O)N(Cc1ccc(OS(=O)(=O)C(C)C)cc1)C[C@H]1CCCO1. The summed E-state index contributed by atoms with van der Waals surface area (Å²) in [5, 5.41) is 2.28. The molecule has 0 aromatic heterocycles. The number of nitrogens with zero attached hydrogens (tertiary/aromatic N) is 1. The third-order valence-electron chi connectivity index (χ3n) is 5.17. The molecule has 3 rings (SSSR count). The van der Waals surface area contributed by atoms with Crippen LogP contribution in [0.4, 0.5) is 10.5 Å². The lowest BCUT2D eigenvalue weighted by molar-refractivity contribution is 0.0819.